The predicted octanol–water partition coefficient (Wildman–Crippen LogP) is 1.35. The van der Waals surface area contributed by atoms with Crippen LogP contribution in [0.5, 0.6) is 0 Å². The number of rotatable bonds is 12. The Kier molecular flexibility index (Phi) is 10.4. The molecule has 0 aliphatic carbocycles. The first-order valence-electron chi connectivity index (χ1n) is 12.1. The summed E-state index contributed by atoms with van der Waals surface area (Å²) in [5.41, 5.74) is 3.99. The van der Waals surface area contributed by atoms with Crippen LogP contribution in [0.2, 0.25) is 0 Å². The van der Waals surface area contributed by atoms with Crippen LogP contribution < -0.4 is 5.73 Å². The lowest BCUT2D eigenvalue weighted by molar-refractivity contribution is -0.0752. The minimum Gasteiger partial charge on any atom is -0.432 e. The number of nitriles is 1. The lowest BCUT2D eigenvalue weighted by Gasteiger charge is -2.24. The molecule has 1 saturated heterocycles. The summed E-state index contributed by atoms with van der Waals surface area (Å²) in [5, 5.41) is 35.6. The molecule has 3 rings (SSSR count). The van der Waals surface area contributed by atoms with Gasteiger partial charge in [-0.05, 0) is 39.8 Å². The van der Waals surface area contributed by atoms with Crippen LogP contribution in [0.3, 0.4) is 0 Å². The first-order chi connectivity index (χ1) is 19.3. The molecule has 0 radical (unpaired) electrons. The monoisotopic (exact) mass is 603 g/mol. The number of fused-ring (bicyclic) bond motifs is 1. The van der Waals surface area contributed by atoms with Gasteiger partial charge in [-0.3, -0.25) is 4.52 Å². The summed E-state index contributed by atoms with van der Waals surface area (Å²) >= 11 is 0. The van der Waals surface area contributed by atoms with Crippen LogP contribution in [-0.4, -0.2) is 87.8 Å². The summed E-state index contributed by atoms with van der Waals surface area (Å²) in [6.07, 6.45) is -7.27. The van der Waals surface area contributed by atoms with E-state index in [4.69, 9.17) is 33.5 Å². The highest BCUT2D eigenvalue weighted by molar-refractivity contribution is 7.48. The number of aliphatic hydroxyl groups excluding tert-OH is 2. The van der Waals surface area contributed by atoms with Crippen LogP contribution in [0.15, 0.2) is 18.5 Å². The van der Waals surface area contributed by atoms with Crippen molar-refractivity contribution in [2.45, 2.75) is 63.8 Å². The van der Waals surface area contributed by atoms with E-state index in [-0.39, 0.29) is 11.5 Å². The number of nitrogens with two attached hydrogens (primary N) is 1. The number of phosphoric ester groups is 1. The van der Waals surface area contributed by atoms with Gasteiger partial charge >= 0.3 is 20.1 Å². The molecule has 226 valence electrons. The third-order valence-corrected chi connectivity index (χ3v) is 6.63. The molecule has 1 aliphatic heterocycles. The Hall–Kier alpha value is -3.56. The maximum atomic E-state index is 13.2. The van der Waals surface area contributed by atoms with E-state index < -0.39 is 76.4 Å². The van der Waals surface area contributed by atoms with Gasteiger partial charge in [-0.15, -0.1) is 0 Å². The Morgan fingerprint density at radius 1 is 1.12 bits per heavy atom. The highest BCUT2D eigenvalue weighted by atomic mass is 31.2. The second-order valence-corrected chi connectivity index (χ2v) is 10.6. The van der Waals surface area contributed by atoms with Crippen LogP contribution in [0.1, 0.15) is 33.4 Å². The number of carbonyl (C=O) groups excluding carboxylic acids is 2. The number of phosphoric acid groups is 1. The molecule has 4 N–H and O–H groups in total. The van der Waals surface area contributed by atoms with Crippen molar-refractivity contribution in [2.75, 3.05) is 25.9 Å². The molecule has 1 fully saturated rings. The normalized spacial score (nSPS) is 22.6. The number of hydrogen-bond donors (Lipinski definition) is 3. The fourth-order valence-corrected chi connectivity index (χ4v) is 4.47. The van der Waals surface area contributed by atoms with E-state index in [2.05, 4.69) is 19.6 Å². The molecular formula is C22H30N5O13P. The maximum absolute atomic E-state index is 13.2. The quantitative estimate of drug-likeness (QED) is 0.176. The zero-order valence-corrected chi connectivity index (χ0v) is 23.3. The van der Waals surface area contributed by atoms with Gasteiger partial charge in [-0.1, -0.05) is 0 Å². The lowest BCUT2D eigenvalue weighted by Crippen LogP contribution is -2.41. The van der Waals surface area contributed by atoms with E-state index in [1.165, 1.54) is 16.6 Å². The fraction of sp³-hybridized carbons (Fsp3) is 0.591. The van der Waals surface area contributed by atoms with Gasteiger partial charge in [0, 0.05) is 0 Å². The molecule has 0 bridgehead atoms. The van der Waals surface area contributed by atoms with Crippen LogP contribution >= 0.6 is 7.82 Å². The first kappa shape index (κ1) is 32.0. The van der Waals surface area contributed by atoms with Crippen LogP contribution in [0.4, 0.5) is 15.4 Å². The molecule has 41 heavy (non-hydrogen) atoms. The number of anilines is 1. The number of ether oxygens (including phenoxy) is 5. The third kappa shape index (κ3) is 7.59. The van der Waals surface area contributed by atoms with Gasteiger partial charge in [0.25, 0.3) is 0 Å². The largest absolute Gasteiger partial charge is 0.510 e. The highest BCUT2D eigenvalue weighted by Gasteiger charge is 2.58. The van der Waals surface area contributed by atoms with Crippen LogP contribution in [0, 0.1) is 11.3 Å². The molecule has 0 spiro atoms. The molecule has 2 aromatic heterocycles. The Bertz CT molecular complexity index is 1280. The molecule has 0 saturated carbocycles. The minimum atomic E-state index is -4.72. The number of nitrogen functional groups attached to an aromatic ring is 1. The van der Waals surface area contributed by atoms with E-state index in [9.17, 15) is 29.6 Å². The number of aliphatic hydroxyl groups is 2. The van der Waals surface area contributed by atoms with E-state index >= 15 is 0 Å². The molecular weight excluding hydrogens is 573 g/mol. The Morgan fingerprint density at radius 2 is 1.71 bits per heavy atom. The van der Waals surface area contributed by atoms with Crippen molar-refractivity contribution in [1.82, 2.24) is 14.6 Å². The van der Waals surface area contributed by atoms with E-state index in [1.807, 2.05) is 6.07 Å². The van der Waals surface area contributed by atoms with Gasteiger partial charge in [-0.25, -0.2) is 32.7 Å². The molecule has 18 nitrogen and oxygen atoms in total. The molecule has 0 aromatic carbocycles. The third-order valence-electron chi connectivity index (χ3n) is 5.32. The lowest BCUT2D eigenvalue weighted by atomic mass is 9.92. The Morgan fingerprint density at radius 3 is 2.24 bits per heavy atom. The van der Waals surface area contributed by atoms with Gasteiger partial charge in [0.2, 0.25) is 19.2 Å². The van der Waals surface area contributed by atoms with Crippen LogP contribution in [0.25, 0.3) is 5.52 Å². The van der Waals surface area contributed by atoms with Gasteiger partial charge in [0.1, 0.15) is 36.2 Å². The number of hydrogen-bond acceptors (Lipinski definition) is 17. The summed E-state index contributed by atoms with van der Waals surface area (Å²) in [5.74, 6) is 0.0847. The van der Waals surface area contributed by atoms with E-state index in [0.717, 1.165) is 6.33 Å². The summed E-state index contributed by atoms with van der Waals surface area (Å²) in [4.78, 5) is 27.1. The maximum Gasteiger partial charge on any atom is 0.510 e. The Balaban J connectivity index is 1.74. The summed E-state index contributed by atoms with van der Waals surface area (Å²) < 4.78 is 54.1. The summed E-state index contributed by atoms with van der Waals surface area (Å²) in [6, 6.07) is 4.73. The van der Waals surface area contributed by atoms with Crippen molar-refractivity contribution in [3.05, 3.63) is 24.2 Å². The van der Waals surface area contributed by atoms with Crippen molar-refractivity contribution in [3.8, 4) is 6.07 Å². The van der Waals surface area contributed by atoms with E-state index in [1.54, 1.807) is 27.7 Å². The predicted molar refractivity (Wildman–Crippen MR) is 132 cm³/mol. The second-order valence-electron chi connectivity index (χ2n) is 8.96. The smallest absolute Gasteiger partial charge is 0.432 e. The number of aromatic nitrogens is 3. The SMILES string of the molecule is CC(C)OC(=O)OCOP(=O)(OCOC(=O)OC(C)C)OC[C@H]1O[C@@](C#N)(c2ccc3c(N)ncnn23)[C@H](O)[C@@H]1O. The molecule has 4 atom stereocenters. The average Bonchev–Trinajstić information content (AvgIpc) is 3.43. The average molecular weight is 603 g/mol. The molecule has 1 aliphatic rings. The fourth-order valence-electron chi connectivity index (χ4n) is 3.56. The van der Waals surface area contributed by atoms with Gasteiger partial charge in [0.05, 0.1) is 24.5 Å². The molecule has 0 unspecified atom stereocenters. The highest BCUT2D eigenvalue weighted by Crippen LogP contribution is 2.50. The van der Waals surface area contributed by atoms with Crippen molar-refractivity contribution < 1.29 is 61.6 Å². The molecule has 2 aromatic rings. The first-order valence-corrected chi connectivity index (χ1v) is 13.5. The van der Waals surface area contributed by atoms with Crippen molar-refractivity contribution in [3.63, 3.8) is 0 Å². The van der Waals surface area contributed by atoms with Gasteiger partial charge in [0.15, 0.2) is 5.82 Å². The molecule has 19 heteroatoms. The van der Waals surface area contributed by atoms with Crippen molar-refractivity contribution in [1.29, 1.82) is 5.26 Å². The van der Waals surface area contributed by atoms with E-state index in [0.29, 0.717) is 5.52 Å². The summed E-state index contributed by atoms with van der Waals surface area (Å²) in [7, 11) is -4.72. The second kappa shape index (κ2) is 13.4. The van der Waals surface area contributed by atoms with Crippen molar-refractivity contribution >= 4 is 31.5 Å². The standard InChI is InChI=1S/C22H30N5O13P/c1-12(2)38-20(30)33-10-36-41(32,37-11-34-21(31)39-13(3)4)35-7-15-17(28)18(29)22(8-23,40-15)16-6-5-14-19(24)25-9-26-27(14)16/h5-6,9,12-13,15,17-18,28-29H,7,10-11H2,1-4H3,(H2,24,25,26)/t15-,17-,18-,22+/m1/s1. The zero-order valence-electron chi connectivity index (χ0n) is 22.4. The van der Waals surface area contributed by atoms with Crippen LogP contribution in [-0.2, 0) is 47.4 Å². The molecule has 0 amide bonds. The summed E-state index contributed by atoms with van der Waals surface area (Å²) in [6.45, 7) is 3.52. The number of carbonyl (C=O) groups is 2. The van der Waals surface area contributed by atoms with Gasteiger partial charge in [-0.2, -0.15) is 10.4 Å². The number of nitrogens with zero attached hydrogens (tertiary/aromatic N) is 4. The molecule has 3 heterocycles. The minimum absolute atomic E-state index is 0.0166. The van der Waals surface area contributed by atoms with Crippen molar-refractivity contribution in [2.24, 2.45) is 0 Å². The Labute approximate surface area is 233 Å². The zero-order chi connectivity index (χ0) is 30.4. The van der Waals surface area contributed by atoms with Gasteiger partial charge < -0.3 is 39.6 Å². The topological polar surface area (TPSA) is 246 Å².